The van der Waals surface area contributed by atoms with Crippen molar-refractivity contribution in [2.24, 2.45) is 0 Å². The second kappa shape index (κ2) is 6.00. The summed E-state index contributed by atoms with van der Waals surface area (Å²) in [4.78, 5) is 11.2. The van der Waals surface area contributed by atoms with Gasteiger partial charge in [-0.2, -0.15) is 0 Å². The van der Waals surface area contributed by atoms with Gasteiger partial charge in [-0.05, 0) is 30.9 Å². The van der Waals surface area contributed by atoms with Gasteiger partial charge in [-0.25, -0.2) is 17.9 Å². The van der Waals surface area contributed by atoms with E-state index in [1.807, 2.05) is 0 Å². The Hall–Kier alpha value is -0.960. The van der Waals surface area contributed by atoms with Crippen LogP contribution < -0.4 is 10.0 Å². The van der Waals surface area contributed by atoms with E-state index in [-0.39, 0.29) is 0 Å². The molecule has 1 aromatic rings. The van der Waals surface area contributed by atoms with E-state index in [1.54, 1.807) is 25.3 Å². The zero-order valence-corrected chi connectivity index (χ0v) is 12.7. The highest BCUT2D eigenvalue weighted by Gasteiger charge is 2.21. The van der Waals surface area contributed by atoms with Crippen molar-refractivity contribution in [3.05, 3.63) is 21.9 Å². The molecule has 0 aliphatic carbocycles. The van der Waals surface area contributed by atoms with Gasteiger partial charge >= 0.3 is 5.97 Å². The van der Waals surface area contributed by atoms with E-state index in [2.05, 4.69) is 10.0 Å². The van der Waals surface area contributed by atoms with Gasteiger partial charge in [-0.1, -0.05) is 0 Å². The highest BCUT2D eigenvalue weighted by Crippen LogP contribution is 2.16. The number of carboxylic acids is 1. The molecule has 0 saturated heterocycles. The quantitative estimate of drug-likeness (QED) is 0.694. The van der Waals surface area contributed by atoms with Crippen LogP contribution in [0.15, 0.2) is 11.4 Å². The fourth-order valence-electron chi connectivity index (χ4n) is 1.71. The molecule has 0 unspecified atom stereocenters. The summed E-state index contributed by atoms with van der Waals surface area (Å²) in [5.41, 5.74) is 0.0696. The third kappa shape index (κ3) is 5.68. The Labute approximate surface area is 116 Å². The molecule has 0 aliphatic rings. The molecule has 8 heteroatoms. The topological polar surface area (TPSA) is 95.5 Å². The normalized spacial score (nSPS) is 12.6. The van der Waals surface area contributed by atoms with Gasteiger partial charge in [0.2, 0.25) is 10.0 Å². The summed E-state index contributed by atoms with van der Waals surface area (Å²) >= 11 is 1.17. The predicted octanol–water partition coefficient (Wildman–Crippen LogP) is 0.864. The van der Waals surface area contributed by atoms with Gasteiger partial charge in [0.1, 0.15) is 4.88 Å². The molecule has 1 aromatic heterocycles. The number of sulfonamides is 1. The average Bonchev–Trinajstić information content (AvgIpc) is 2.61. The lowest BCUT2D eigenvalue weighted by atomic mass is 10.1. The summed E-state index contributed by atoms with van der Waals surface area (Å²) in [6.45, 7) is 4.30. The summed E-state index contributed by atoms with van der Waals surface area (Å²) in [5.74, 6) is -0.944. The van der Waals surface area contributed by atoms with Gasteiger partial charge in [0.15, 0.2) is 0 Å². The van der Waals surface area contributed by atoms with Crippen LogP contribution in [-0.4, -0.2) is 37.8 Å². The minimum atomic E-state index is -3.27. The van der Waals surface area contributed by atoms with Crippen LogP contribution in [0.3, 0.4) is 0 Å². The summed E-state index contributed by atoms with van der Waals surface area (Å²) in [6, 6.07) is 1.75. The molecular weight excluding hydrogens is 288 g/mol. The molecule has 0 aliphatic heterocycles. The molecule has 1 heterocycles. The first-order valence-electron chi connectivity index (χ1n) is 5.60. The summed E-state index contributed by atoms with van der Waals surface area (Å²) in [7, 11) is -3.27. The monoisotopic (exact) mass is 306 g/mol. The van der Waals surface area contributed by atoms with E-state index in [0.29, 0.717) is 23.5 Å². The second-order valence-electron chi connectivity index (χ2n) is 4.94. The van der Waals surface area contributed by atoms with Crippen LogP contribution in [0.5, 0.6) is 0 Å². The molecule has 3 N–H and O–H groups in total. The first-order chi connectivity index (χ1) is 8.61. The van der Waals surface area contributed by atoms with Crippen LogP contribution in [0.2, 0.25) is 0 Å². The number of thiophene rings is 1. The van der Waals surface area contributed by atoms with E-state index < -0.39 is 21.5 Å². The predicted molar refractivity (Wildman–Crippen MR) is 75.0 cm³/mol. The number of nitrogens with one attached hydrogen (secondary N) is 2. The van der Waals surface area contributed by atoms with E-state index in [0.717, 1.165) is 6.26 Å². The Morgan fingerprint density at radius 3 is 2.63 bits per heavy atom. The Kier molecular flexibility index (Phi) is 5.08. The fraction of sp³-hybridized carbons (Fsp3) is 0.545. The molecule has 1 rings (SSSR count). The highest BCUT2D eigenvalue weighted by molar-refractivity contribution is 7.88. The summed E-state index contributed by atoms with van der Waals surface area (Å²) < 4.78 is 24.8. The van der Waals surface area contributed by atoms with E-state index in [4.69, 9.17) is 5.11 Å². The Bertz CT molecular complexity index is 549. The van der Waals surface area contributed by atoms with Crippen molar-refractivity contribution >= 4 is 27.3 Å². The van der Waals surface area contributed by atoms with Crippen LogP contribution in [0.1, 0.15) is 29.1 Å². The number of carboxylic acid groups (broad SMARTS) is 1. The van der Waals surface area contributed by atoms with Crippen molar-refractivity contribution in [1.82, 2.24) is 10.0 Å². The van der Waals surface area contributed by atoms with Crippen molar-refractivity contribution in [2.75, 3.05) is 12.8 Å². The molecule has 19 heavy (non-hydrogen) atoms. The Morgan fingerprint density at radius 1 is 1.47 bits per heavy atom. The molecule has 0 fully saturated rings. The number of carbonyl (C=O) groups is 1. The van der Waals surface area contributed by atoms with Gasteiger partial charge in [0, 0.05) is 18.6 Å². The molecule has 0 atom stereocenters. The molecule has 108 valence electrons. The fourth-order valence-corrected chi connectivity index (χ4v) is 3.55. The van der Waals surface area contributed by atoms with Crippen molar-refractivity contribution in [2.45, 2.75) is 25.9 Å². The van der Waals surface area contributed by atoms with Crippen molar-refractivity contribution < 1.29 is 18.3 Å². The molecule has 0 aromatic carbocycles. The standard InChI is InChI=1S/C11H18N2O4S2/c1-11(2,13-19(3,16)17)7-12-6-8-4-5-18-9(8)10(14)15/h4-5,12-13H,6-7H2,1-3H3,(H,14,15). The highest BCUT2D eigenvalue weighted by atomic mass is 32.2. The molecule has 0 amide bonds. The summed E-state index contributed by atoms with van der Waals surface area (Å²) in [5, 5.41) is 13.7. The van der Waals surface area contributed by atoms with E-state index >= 15 is 0 Å². The molecule has 0 radical (unpaired) electrons. The van der Waals surface area contributed by atoms with Gasteiger partial charge in [0.05, 0.1) is 6.26 Å². The van der Waals surface area contributed by atoms with Crippen LogP contribution in [0.4, 0.5) is 0 Å². The SMILES string of the molecule is CC(C)(CNCc1ccsc1C(=O)O)NS(C)(=O)=O. The molecule has 0 bridgehead atoms. The van der Waals surface area contributed by atoms with Crippen molar-refractivity contribution in [3.63, 3.8) is 0 Å². The number of rotatable bonds is 7. The second-order valence-corrected chi connectivity index (χ2v) is 7.61. The lowest BCUT2D eigenvalue weighted by Gasteiger charge is -2.25. The largest absolute Gasteiger partial charge is 0.477 e. The maximum atomic E-state index is 11.2. The Balaban J connectivity index is 2.54. The van der Waals surface area contributed by atoms with Gasteiger partial charge in [-0.15, -0.1) is 11.3 Å². The molecule has 6 nitrogen and oxygen atoms in total. The minimum absolute atomic E-state index is 0.307. The zero-order valence-electron chi connectivity index (χ0n) is 11.1. The molecular formula is C11H18N2O4S2. The maximum absolute atomic E-state index is 11.2. The number of aromatic carboxylic acids is 1. The smallest absolute Gasteiger partial charge is 0.346 e. The van der Waals surface area contributed by atoms with Gasteiger partial charge < -0.3 is 10.4 Å². The maximum Gasteiger partial charge on any atom is 0.346 e. The third-order valence-electron chi connectivity index (χ3n) is 2.29. The lowest BCUT2D eigenvalue weighted by molar-refractivity contribution is 0.0701. The van der Waals surface area contributed by atoms with Crippen molar-refractivity contribution in [1.29, 1.82) is 0 Å². The number of hydrogen-bond donors (Lipinski definition) is 3. The van der Waals surface area contributed by atoms with Gasteiger partial charge in [0.25, 0.3) is 0 Å². The van der Waals surface area contributed by atoms with Crippen LogP contribution in [0.25, 0.3) is 0 Å². The van der Waals surface area contributed by atoms with Gasteiger partial charge in [-0.3, -0.25) is 0 Å². The lowest BCUT2D eigenvalue weighted by Crippen LogP contribution is -2.49. The van der Waals surface area contributed by atoms with Crippen LogP contribution >= 0.6 is 11.3 Å². The first-order valence-corrected chi connectivity index (χ1v) is 8.37. The molecule has 0 saturated carbocycles. The van der Waals surface area contributed by atoms with E-state index in [9.17, 15) is 13.2 Å². The average molecular weight is 306 g/mol. The first kappa shape index (κ1) is 16.1. The van der Waals surface area contributed by atoms with Crippen LogP contribution in [-0.2, 0) is 16.6 Å². The third-order valence-corrected chi connectivity index (χ3v) is 4.15. The Morgan fingerprint density at radius 2 is 2.11 bits per heavy atom. The number of hydrogen-bond acceptors (Lipinski definition) is 5. The van der Waals surface area contributed by atoms with Crippen molar-refractivity contribution in [3.8, 4) is 0 Å². The van der Waals surface area contributed by atoms with E-state index in [1.165, 1.54) is 11.3 Å². The molecule has 0 spiro atoms. The zero-order chi connectivity index (χ0) is 14.7. The summed E-state index contributed by atoms with van der Waals surface area (Å²) in [6.07, 6.45) is 1.11. The minimum Gasteiger partial charge on any atom is -0.477 e. The van der Waals surface area contributed by atoms with Crippen LogP contribution in [0, 0.1) is 0 Å².